The van der Waals surface area contributed by atoms with Crippen LogP contribution in [0.15, 0.2) is 24.4 Å². The maximum atomic E-state index is 5.85. The lowest BCUT2D eigenvalue weighted by Crippen LogP contribution is -2.33. The van der Waals surface area contributed by atoms with Gasteiger partial charge in [0.15, 0.2) is 0 Å². The van der Waals surface area contributed by atoms with Crippen molar-refractivity contribution in [3.05, 3.63) is 30.0 Å². The van der Waals surface area contributed by atoms with Gasteiger partial charge >= 0.3 is 0 Å². The first-order valence-electron chi connectivity index (χ1n) is 8.67. The first kappa shape index (κ1) is 16.3. The molecule has 0 unspecified atom stereocenters. The van der Waals surface area contributed by atoms with E-state index in [0.29, 0.717) is 6.04 Å². The average molecular weight is 316 g/mol. The molecule has 4 heteroatoms. The van der Waals surface area contributed by atoms with Crippen molar-refractivity contribution < 1.29 is 9.47 Å². The van der Waals surface area contributed by atoms with E-state index in [1.807, 2.05) is 6.07 Å². The van der Waals surface area contributed by atoms with Crippen molar-refractivity contribution in [2.75, 3.05) is 26.8 Å². The Labute approximate surface area is 138 Å². The summed E-state index contributed by atoms with van der Waals surface area (Å²) in [6, 6.07) is 6.96. The van der Waals surface area contributed by atoms with E-state index >= 15 is 0 Å². The predicted molar refractivity (Wildman–Crippen MR) is 94.2 cm³/mol. The van der Waals surface area contributed by atoms with Gasteiger partial charge in [-0.05, 0) is 63.4 Å². The fourth-order valence-electron chi connectivity index (χ4n) is 3.55. The van der Waals surface area contributed by atoms with Gasteiger partial charge in [-0.2, -0.15) is 0 Å². The minimum absolute atomic E-state index is 0.203. The lowest BCUT2D eigenvalue weighted by atomic mass is 10.0. The molecule has 126 valence electrons. The Morgan fingerprint density at radius 3 is 3.00 bits per heavy atom. The Balaban J connectivity index is 1.76. The molecule has 1 N–H and O–H groups in total. The van der Waals surface area contributed by atoms with Crippen molar-refractivity contribution in [2.45, 2.75) is 45.3 Å². The number of nitrogens with one attached hydrogen (secondary N) is 1. The predicted octanol–water partition coefficient (Wildman–Crippen LogP) is 3.61. The molecule has 0 bridgehead atoms. The van der Waals surface area contributed by atoms with Crippen LogP contribution in [0.3, 0.4) is 0 Å². The highest BCUT2D eigenvalue weighted by Crippen LogP contribution is 2.28. The van der Waals surface area contributed by atoms with Gasteiger partial charge in [-0.25, -0.2) is 0 Å². The number of fused-ring (bicyclic) bond motifs is 1. The van der Waals surface area contributed by atoms with Gasteiger partial charge in [0, 0.05) is 36.8 Å². The third-order valence-electron chi connectivity index (χ3n) is 4.65. The Morgan fingerprint density at radius 2 is 2.22 bits per heavy atom. The molecule has 1 aromatic carbocycles. The molecule has 0 amide bonds. The van der Waals surface area contributed by atoms with Gasteiger partial charge < -0.3 is 14.5 Å². The molecule has 2 heterocycles. The van der Waals surface area contributed by atoms with Crippen LogP contribution in [0.2, 0.25) is 0 Å². The summed E-state index contributed by atoms with van der Waals surface area (Å²) in [6.07, 6.45) is 6.02. The number of hydrogen-bond acceptors (Lipinski definition) is 3. The Bertz CT molecular complexity index is 635. The standard InChI is InChI=1S/C19H28N2O2/c1-14(2)23-17-6-7-19-18(12-17)15(13-20-19)11-16-5-4-8-21(16)9-10-22-3/h6-7,12-14,16,20H,4-5,8-11H2,1-3H3/t16-/m1/s1. The molecule has 1 saturated heterocycles. The lowest BCUT2D eigenvalue weighted by Gasteiger charge is -2.24. The van der Waals surface area contributed by atoms with Gasteiger partial charge in [0.1, 0.15) is 5.75 Å². The van der Waals surface area contributed by atoms with Crippen molar-refractivity contribution in [2.24, 2.45) is 0 Å². The molecule has 1 fully saturated rings. The van der Waals surface area contributed by atoms with Crippen LogP contribution >= 0.6 is 0 Å². The summed E-state index contributed by atoms with van der Waals surface area (Å²) in [7, 11) is 1.78. The van der Waals surface area contributed by atoms with Crippen LogP contribution in [-0.2, 0) is 11.2 Å². The van der Waals surface area contributed by atoms with Gasteiger partial charge in [-0.15, -0.1) is 0 Å². The number of ether oxygens (including phenoxy) is 2. The Morgan fingerprint density at radius 1 is 1.35 bits per heavy atom. The van der Waals surface area contributed by atoms with E-state index < -0.39 is 0 Å². The number of benzene rings is 1. The molecule has 0 saturated carbocycles. The molecule has 2 aromatic rings. The molecule has 0 radical (unpaired) electrons. The summed E-state index contributed by atoms with van der Waals surface area (Å²) in [5.74, 6) is 0.955. The second kappa shape index (κ2) is 7.37. The summed E-state index contributed by atoms with van der Waals surface area (Å²) in [5, 5.41) is 1.29. The number of aromatic amines is 1. The van der Waals surface area contributed by atoms with E-state index in [1.165, 1.54) is 35.9 Å². The number of nitrogens with zero attached hydrogens (tertiary/aromatic N) is 1. The summed E-state index contributed by atoms with van der Waals surface area (Å²) in [5.41, 5.74) is 2.58. The van der Waals surface area contributed by atoms with Crippen LogP contribution in [0, 0.1) is 0 Å². The summed E-state index contributed by atoms with van der Waals surface area (Å²) in [4.78, 5) is 5.97. The van der Waals surface area contributed by atoms with Gasteiger partial charge in [-0.1, -0.05) is 0 Å². The van der Waals surface area contributed by atoms with Gasteiger partial charge in [-0.3, -0.25) is 4.90 Å². The molecule has 1 aliphatic rings. The van der Waals surface area contributed by atoms with Gasteiger partial charge in [0.2, 0.25) is 0 Å². The van der Waals surface area contributed by atoms with E-state index in [2.05, 4.69) is 42.1 Å². The Kier molecular flexibility index (Phi) is 5.23. The fourth-order valence-corrected chi connectivity index (χ4v) is 3.55. The molecule has 3 rings (SSSR count). The SMILES string of the molecule is COCCN1CCC[C@@H]1Cc1c[nH]c2ccc(OC(C)C)cc12. The molecule has 1 atom stereocenters. The zero-order chi connectivity index (χ0) is 16.2. The van der Waals surface area contributed by atoms with Gasteiger partial charge in [0.05, 0.1) is 12.7 Å². The highest BCUT2D eigenvalue weighted by atomic mass is 16.5. The van der Waals surface area contributed by atoms with Crippen molar-refractivity contribution in [3.63, 3.8) is 0 Å². The molecule has 0 spiro atoms. The maximum Gasteiger partial charge on any atom is 0.120 e. The monoisotopic (exact) mass is 316 g/mol. The zero-order valence-electron chi connectivity index (χ0n) is 14.5. The highest BCUT2D eigenvalue weighted by Gasteiger charge is 2.25. The summed E-state index contributed by atoms with van der Waals surface area (Å²) < 4.78 is 11.1. The smallest absolute Gasteiger partial charge is 0.120 e. The van der Waals surface area contributed by atoms with E-state index in [1.54, 1.807) is 7.11 Å². The second-order valence-corrected chi connectivity index (χ2v) is 6.72. The fraction of sp³-hybridized carbons (Fsp3) is 0.579. The number of hydrogen-bond donors (Lipinski definition) is 1. The van der Waals surface area contributed by atoms with Crippen molar-refractivity contribution in [1.29, 1.82) is 0 Å². The average Bonchev–Trinajstić information content (AvgIpc) is 3.12. The third kappa shape index (κ3) is 3.88. The van der Waals surface area contributed by atoms with Crippen molar-refractivity contribution >= 4 is 10.9 Å². The Hall–Kier alpha value is -1.52. The number of rotatable bonds is 7. The van der Waals surface area contributed by atoms with Crippen LogP contribution in [-0.4, -0.2) is 48.8 Å². The first-order valence-corrected chi connectivity index (χ1v) is 8.67. The van der Waals surface area contributed by atoms with Crippen LogP contribution in [0.1, 0.15) is 32.3 Å². The van der Waals surface area contributed by atoms with Crippen molar-refractivity contribution in [1.82, 2.24) is 9.88 Å². The largest absolute Gasteiger partial charge is 0.491 e. The second-order valence-electron chi connectivity index (χ2n) is 6.72. The first-order chi connectivity index (χ1) is 11.2. The minimum atomic E-state index is 0.203. The highest BCUT2D eigenvalue weighted by molar-refractivity contribution is 5.84. The molecule has 1 aliphatic heterocycles. The molecule has 1 aromatic heterocycles. The number of aromatic nitrogens is 1. The van der Waals surface area contributed by atoms with Crippen molar-refractivity contribution in [3.8, 4) is 5.75 Å². The van der Waals surface area contributed by atoms with E-state index in [9.17, 15) is 0 Å². The van der Waals surface area contributed by atoms with E-state index in [4.69, 9.17) is 9.47 Å². The summed E-state index contributed by atoms with van der Waals surface area (Å²) in [6.45, 7) is 7.17. The minimum Gasteiger partial charge on any atom is -0.491 e. The van der Waals surface area contributed by atoms with Crippen LogP contribution in [0.5, 0.6) is 5.75 Å². The molecule has 4 nitrogen and oxygen atoms in total. The summed E-state index contributed by atoms with van der Waals surface area (Å²) >= 11 is 0. The molecule has 23 heavy (non-hydrogen) atoms. The number of likely N-dealkylation sites (tertiary alicyclic amines) is 1. The molecule has 0 aliphatic carbocycles. The third-order valence-corrected chi connectivity index (χ3v) is 4.65. The number of methoxy groups -OCH3 is 1. The van der Waals surface area contributed by atoms with E-state index in [0.717, 1.165) is 25.3 Å². The lowest BCUT2D eigenvalue weighted by molar-refractivity contribution is 0.141. The normalized spacial score (nSPS) is 19.0. The quantitative estimate of drug-likeness (QED) is 0.848. The van der Waals surface area contributed by atoms with Crippen LogP contribution in [0.4, 0.5) is 0 Å². The van der Waals surface area contributed by atoms with Crippen LogP contribution < -0.4 is 4.74 Å². The topological polar surface area (TPSA) is 37.5 Å². The molecular weight excluding hydrogens is 288 g/mol. The number of H-pyrrole nitrogens is 1. The maximum absolute atomic E-state index is 5.85. The zero-order valence-corrected chi connectivity index (χ0v) is 14.5. The van der Waals surface area contributed by atoms with Crippen LogP contribution in [0.25, 0.3) is 10.9 Å². The van der Waals surface area contributed by atoms with E-state index in [-0.39, 0.29) is 6.10 Å². The molecular formula is C19H28N2O2. The van der Waals surface area contributed by atoms with Gasteiger partial charge in [0.25, 0.3) is 0 Å².